The number of nitrogens with one attached hydrogen (secondary N) is 2. The number of benzene rings is 1. The standard InChI is InChI=1S/C11H9N3O3/c12-5-7-1-3-8(4-2-7)13-10(15)9-6-17-11(16)14-9/h1-4,9H,6H2,(H,13,15)(H,14,16). The van der Waals surface area contributed by atoms with Crippen molar-refractivity contribution in [3.05, 3.63) is 29.8 Å². The van der Waals surface area contributed by atoms with Crippen molar-refractivity contribution in [2.24, 2.45) is 0 Å². The molecular formula is C11H9N3O3. The lowest BCUT2D eigenvalue weighted by molar-refractivity contribution is -0.117. The van der Waals surface area contributed by atoms with Crippen molar-refractivity contribution >= 4 is 17.7 Å². The maximum absolute atomic E-state index is 11.6. The minimum Gasteiger partial charge on any atom is -0.447 e. The Morgan fingerprint density at radius 2 is 2.18 bits per heavy atom. The zero-order chi connectivity index (χ0) is 12.3. The predicted molar refractivity (Wildman–Crippen MR) is 58.1 cm³/mol. The van der Waals surface area contributed by atoms with Gasteiger partial charge in [0.25, 0.3) is 5.91 Å². The predicted octanol–water partition coefficient (Wildman–Crippen LogP) is 0.605. The third-order valence-electron chi connectivity index (χ3n) is 2.27. The highest BCUT2D eigenvalue weighted by molar-refractivity contribution is 5.97. The number of ether oxygens (including phenoxy) is 1. The fraction of sp³-hybridized carbons (Fsp3) is 0.182. The average molecular weight is 231 g/mol. The fourth-order valence-corrected chi connectivity index (χ4v) is 1.38. The lowest BCUT2D eigenvalue weighted by atomic mass is 10.2. The molecule has 0 bridgehead atoms. The molecule has 1 aliphatic heterocycles. The minimum atomic E-state index is -0.668. The van der Waals surface area contributed by atoms with Crippen LogP contribution in [0.3, 0.4) is 0 Å². The molecule has 1 aromatic rings. The molecule has 0 radical (unpaired) electrons. The quantitative estimate of drug-likeness (QED) is 0.779. The number of anilines is 1. The first-order valence-corrected chi connectivity index (χ1v) is 4.93. The van der Waals surface area contributed by atoms with Gasteiger partial charge in [0.05, 0.1) is 11.6 Å². The summed E-state index contributed by atoms with van der Waals surface area (Å²) in [5.74, 6) is -0.347. The zero-order valence-corrected chi connectivity index (χ0v) is 8.77. The second-order valence-corrected chi connectivity index (χ2v) is 3.47. The number of amides is 2. The van der Waals surface area contributed by atoms with Crippen LogP contribution in [-0.4, -0.2) is 24.6 Å². The molecule has 17 heavy (non-hydrogen) atoms. The van der Waals surface area contributed by atoms with Crippen molar-refractivity contribution in [3.63, 3.8) is 0 Å². The molecule has 0 aromatic heterocycles. The van der Waals surface area contributed by atoms with Gasteiger partial charge >= 0.3 is 6.09 Å². The van der Waals surface area contributed by atoms with Gasteiger partial charge in [-0.25, -0.2) is 4.79 Å². The van der Waals surface area contributed by atoms with Gasteiger partial charge < -0.3 is 15.4 Å². The van der Waals surface area contributed by atoms with Crippen LogP contribution in [-0.2, 0) is 9.53 Å². The molecule has 0 aliphatic carbocycles. The second kappa shape index (κ2) is 4.53. The van der Waals surface area contributed by atoms with Crippen molar-refractivity contribution in [1.29, 1.82) is 5.26 Å². The molecule has 1 atom stereocenters. The van der Waals surface area contributed by atoms with Crippen molar-refractivity contribution in [2.45, 2.75) is 6.04 Å². The summed E-state index contributed by atoms with van der Waals surface area (Å²) in [7, 11) is 0. The van der Waals surface area contributed by atoms with E-state index in [0.717, 1.165) is 0 Å². The van der Waals surface area contributed by atoms with Gasteiger partial charge in [0.1, 0.15) is 12.6 Å². The van der Waals surface area contributed by atoms with Crippen LogP contribution in [0.4, 0.5) is 10.5 Å². The zero-order valence-electron chi connectivity index (χ0n) is 8.77. The van der Waals surface area contributed by atoms with E-state index in [0.29, 0.717) is 11.3 Å². The van der Waals surface area contributed by atoms with E-state index >= 15 is 0 Å². The summed E-state index contributed by atoms with van der Waals surface area (Å²) >= 11 is 0. The summed E-state index contributed by atoms with van der Waals surface area (Å²) in [5, 5.41) is 13.6. The first-order valence-electron chi connectivity index (χ1n) is 4.93. The van der Waals surface area contributed by atoms with Gasteiger partial charge in [-0.15, -0.1) is 0 Å². The number of hydrogen-bond acceptors (Lipinski definition) is 4. The normalized spacial score (nSPS) is 17.8. The first kappa shape index (κ1) is 11.0. The molecule has 2 rings (SSSR count). The van der Waals surface area contributed by atoms with Gasteiger partial charge in [0.15, 0.2) is 0 Å². The third kappa shape index (κ3) is 2.52. The van der Waals surface area contributed by atoms with E-state index < -0.39 is 12.1 Å². The molecule has 0 saturated carbocycles. The van der Waals surface area contributed by atoms with Gasteiger partial charge in [0.2, 0.25) is 0 Å². The Kier molecular flexibility index (Phi) is 2.92. The van der Waals surface area contributed by atoms with E-state index in [2.05, 4.69) is 15.4 Å². The number of rotatable bonds is 2. The molecule has 1 fully saturated rings. The number of cyclic esters (lactones) is 1. The Balaban J connectivity index is 1.98. The molecule has 86 valence electrons. The second-order valence-electron chi connectivity index (χ2n) is 3.47. The first-order chi connectivity index (χ1) is 8.19. The Morgan fingerprint density at radius 1 is 1.47 bits per heavy atom. The van der Waals surface area contributed by atoms with Crippen LogP contribution in [0.2, 0.25) is 0 Å². The molecule has 6 heteroatoms. The fourth-order valence-electron chi connectivity index (χ4n) is 1.38. The molecule has 1 aromatic carbocycles. The van der Waals surface area contributed by atoms with Crippen LogP contribution in [0.5, 0.6) is 0 Å². The number of carbonyl (C=O) groups excluding carboxylic acids is 2. The summed E-state index contributed by atoms with van der Waals surface area (Å²) in [5.41, 5.74) is 1.08. The van der Waals surface area contributed by atoms with E-state index in [1.54, 1.807) is 24.3 Å². The van der Waals surface area contributed by atoms with Crippen LogP contribution in [0.25, 0.3) is 0 Å². The molecule has 2 N–H and O–H groups in total. The van der Waals surface area contributed by atoms with Crippen molar-refractivity contribution in [3.8, 4) is 6.07 Å². The SMILES string of the molecule is N#Cc1ccc(NC(=O)C2COC(=O)N2)cc1. The summed E-state index contributed by atoms with van der Waals surface area (Å²) in [6.45, 7) is 0.0287. The van der Waals surface area contributed by atoms with Gasteiger partial charge in [-0.3, -0.25) is 4.79 Å². The van der Waals surface area contributed by atoms with E-state index in [9.17, 15) is 9.59 Å². The Hall–Kier alpha value is -2.55. The Morgan fingerprint density at radius 3 is 2.71 bits per heavy atom. The number of nitriles is 1. The third-order valence-corrected chi connectivity index (χ3v) is 2.27. The topological polar surface area (TPSA) is 91.2 Å². The van der Waals surface area contributed by atoms with Crippen LogP contribution >= 0.6 is 0 Å². The average Bonchev–Trinajstić information content (AvgIpc) is 2.77. The lowest BCUT2D eigenvalue weighted by Gasteiger charge is -2.08. The van der Waals surface area contributed by atoms with Crippen molar-refractivity contribution < 1.29 is 14.3 Å². The van der Waals surface area contributed by atoms with Crippen molar-refractivity contribution in [2.75, 3.05) is 11.9 Å². The monoisotopic (exact) mass is 231 g/mol. The Labute approximate surface area is 97.2 Å². The highest BCUT2D eigenvalue weighted by Gasteiger charge is 2.28. The minimum absolute atomic E-state index is 0.0287. The highest BCUT2D eigenvalue weighted by atomic mass is 16.6. The molecule has 0 spiro atoms. The molecule has 1 aliphatic rings. The molecule has 2 amide bonds. The molecule has 6 nitrogen and oxygen atoms in total. The van der Waals surface area contributed by atoms with E-state index in [-0.39, 0.29) is 12.5 Å². The molecular weight excluding hydrogens is 222 g/mol. The maximum atomic E-state index is 11.6. The summed E-state index contributed by atoms with van der Waals surface area (Å²) in [4.78, 5) is 22.4. The summed E-state index contributed by atoms with van der Waals surface area (Å²) in [6, 6.07) is 7.74. The number of carbonyl (C=O) groups is 2. The van der Waals surface area contributed by atoms with E-state index in [1.807, 2.05) is 6.07 Å². The maximum Gasteiger partial charge on any atom is 0.407 e. The van der Waals surface area contributed by atoms with Gasteiger partial charge in [-0.1, -0.05) is 0 Å². The summed E-state index contributed by atoms with van der Waals surface area (Å²) < 4.78 is 4.61. The van der Waals surface area contributed by atoms with Gasteiger partial charge in [0, 0.05) is 5.69 Å². The van der Waals surface area contributed by atoms with Crippen LogP contribution in [0, 0.1) is 11.3 Å². The van der Waals surface area contributed by atoms with Crippen LogP contribution in [0.1, 0.15) is 5.56 Å². The van der Waals surface area contributed by atoms with Crippen LogP contribution in [0.15, 0.2) is 24.3 Å². The van der Waals surface area contributed by atoms with Crippen LogP contribution < -0.4 is 10.6 Å². The molecule has 1 unspecified atom stereocenters. The largest absolute Gasteiger partial charge is 0.447 e. The molecule has 1 saturated heterocycles. The van der Waals surface area contributed by atoms with Gasteiger partial charge in [-0.2, -0.15) is 5.26 Å². The molecule has 1 heterocycles. The number of alkyl carbamates (subject to hydrolysis) is 1. The van der Waals surface area contributed by atoms with Crippen molar-refractivity contribution in [1.82, 2.24) is 5.32 Å². The smallest absolute Gasteiger partial charge is 0.407 e. The van der Waals surface area contributed by atoms with Gasteiger partial charge in [-0.05, 0) is 24.3 Å². The Bertz CT molecular complexity index is 490. The summed E-state index contributed by atoms with van der Waals surface area (Å²) in [6.07, 6.45) is -0.593. The number of hydrogen-bond donors (Lipinski definition) is 2. The van der Waals surface area contributed by atoms with E-state index in [4.69, 9.17) is 5.26 Å². The van der Waals surface area contributed by atoms with E-state index in [1.165, 1.54) is 0 Å². The number of nitrogens with zero attached hydrogens (tertiary/aromatic N) is 1. The lowest BCUT2D eigenvalue weighted by Crippen LogP contribution is -2.38. The highest BCUT2D eigenvalue weighted by Crippen LogP contribution is 2.10.